The number of nitrogens with one attached hydrogen (secondary N) is 1. The number of hydrogen-bond acceptors (Lipinski definition) is 3. The molecule has 0 spiro atoms. The van der Waals surface area contributed by atoms with Gasteiger partial charge in [0.25, 0.3) is 0 Å². The first-order valence-electron chi connectivity index (χ1n) is 8.90. The molecule has 0 fully saturated rings. The lowest BCUT2D eigenvalue weighted by atomic mass is 10.0. The number of nitrogens with zero attached hydrogens (tertiary/aromatic N) is 1. The summed E-state index contributed by atoms with van der Waals surface area (Å²) in [4.78, 5) is 14.3. The Hall–Kier alpha value is -2.40. The highest BCUT2D eigenvalue weighted by molar-refractivity contribution is 5.93. The first-order chi connectivity index (χ1) is 12.5. The quantitative estimate of drug-likeness (QED) is 0.775. The van der Waals surface area contributed by atoms with E-state index in [0.29, 0.717) is 6.54 Å². The van der Waals surface area contributed by atoms with Gasteiger partial charge in [0.2, 0.25) is 5.91 Å². The molecule has 1 amide bonds. The standard InChI is InChI=1S/C21H27FN2O2/c1-5-16-8-7-9-17(6-2)21(16)23-20(25)14-24(3)13-15-10-11-19(26-4)18(22)12-15/h7-12H,5-6,13-14H2,1-4H3,(H,23,25). The van der Waals surface area contributed by atoms with E-state index in [1.807, 2.05) is 30.1 Å². The molecule has 0 saturated carbocycles. The average Bonchev–Trinajstić information content (AvgIpc) is 2.61. The molecule has 0 unspecified atom stereocenters. The van der Waals surface area contributed by atoms with Gasteiger partial charge in [0.05, 0.1) is 13.7 Å². The Kier molecular flexibility index (Phi) is 7.16. The molecule has 0 atom stereocenters. The summed E-state index contributed by atoms with van der Waals surface area (Å²) in [5.41, 5.74) is 3.99. The van der Waals surface area contributed by atoms with E-state index < -0.39 is 5.82 Å². The molecule has 0 bridgehead atoms. The van der Waals surface area contributed by atoms with Gasteiger partial charge >= 0.3 is 0 Å². The van der Waals surface area contributed by atoms with Crippen LogP contribution in [-0.2, 0) is 24.2 Å². The molecule has 2 aromatic rings. The largest absolute Gasteiger partial charge is 0.494 e. The van der Waals surface area contributed by atoms with Crippen LogP contribution in [0.15, 0.2) is 36.4 Å². The number of ether oxygens (including phenoxy) is 1. The van der Waals surface area contributed by atoms with Crippen LogP contribution in [0.3, 0.4) is 0 Å². The Labute approximate surface area is 155 Å². The smallest absolute Gasteiger partial charge is 0.238 e. The van der Waals surface area contributed by atoms with Crippen molar-refractivity contribution < 1.29 is 13.9 Å². The zero-order valence-corrected chi connectivity index (χ0v) is 15.9. The fourth-order valence-electron chi connectivity index (χ4n) is 3.00. The average molecular weight is 358 g/mol. The zero-order valence-electron chi connectivity index (χ0n) is 15.9. The minimum absolute atomic E-state index is 0.0721. The summed E-state index contributed by atoms with van der Waals surface area (Å²) >= 11 is 0. The Balaban J connectivity index is 2.01. The maximum absolute atomic E-state index is 13.8. The van der Waals surface area contributed by atoms with Crippen molar-refractivity contribution in [2.45, 2.75) is 33.2 Å². The third-order valence-electron chi connectivity index (χ3n) is 4.35. The lowest BCUT2D eigenvalue weighted by molar-refractivity contribution is -0.117. The molecular weight excluding hydrogens is 331 g/mol. The molecule has 2 aromatic carbocycles. The van der Waals surface area contributed by atoms with Gasteiger partial charge in [-0.1, -0.05) is 38.1 Å². The minimum atomic E-state index is -0.396. The van der Waals surface area contributed by atoms with E-state index in [1.165, 1.54) is 13.2 Å². The second-order valence-electron chi connectivity index (χ2n) is 6.35. The summed E-state index contributed by atoms with van der Waals surface area (Å²) in [5.74, 6) is -0.248. The molecule has 0 aliphatic heterocycles. The van der Waals surface area contributed by atoms with Gasteiger partial charge in [-0.2, -0.15) is 0 Å². The molecule has 1 N–H and O–H groups in total. The molecule has 0 radical (unpaired) electrons. The molecule has 0 aliphatic rings. The van der Waals surface area contributed by atoms with Gasteiger partial charge in [0.1, 0.15) is 0 Å². The SMILES string of the molecule is CCc1cccc(CC)c1NC(=O)CN(C)Cc1ccc(OC)c(F)c1. The van der Waals surface area contributed by atoms with Crippen molar-refractivity contribution >= 4 is 11.6 Å². The summed E-state index contributed by atoms with van der Waals surface area (Å²) in [5, 5.41) is 3.05. The molecule has 0 heterocycles. The van der Waals surface area contributed by atoms with E-state index in [-0.39, 0.29) is 18.2 Å². The number of likely N-dealkylation sites (N-methyl/N-ethyl adjacent to an activating group) is 1. The van der Waals surface area contributed by atoms with Crippen molar-refractivity contribution in [3.63, 3.8) is 0 Å². The van der Waals surface area contributed by atoms with E-state index in [1.54, 1.807) is 12.1 Å². The van der Waals surface area contributed by atoms with Gasteiger partial charge < -0.3 is 10.1 Å². The maximum Gasteiger partial charge on any atom is 0.238 e. The lowest BCUT2D eigenvalue weighted by Gasteiger charge is -2.19. The number of methoxy groups -OCH3 is 1. The minimum Gasteiger partial charge on any atom is -0.494 e. The molecular formula is C21H27FN2O2. The maximum atomic E-state index is 13.8. The number of carbonyl (C=O) groups is 1. The zero-order chi connectivity index (χ0) is 19.1. The monoisotopic (exact) mass is 358 g/mol. The van der Waals surface area contributed by atoms with Crippen molar-refractivity contribution in [2.24, 2.45) is 0 Å². The van der Waals surface area contributed by atoms with Gasteiger partial charge in [0.15, 0.2) is 11.6 Å². The van der Waals surface area contributed by atoms with E-state index in [9.17, 15) is 9.18 Å². The number of aryl methyl sites for hydroxylation is 2. The van der Waals surface area contributed by atoms with Crippen LogP contribution < -0.4 is 10.1 Å². The first kappa shape index (κ1) is 19.9. The van der Waals surface area contributed by atoms with Crippen LogP contribution in [0, 0.1) is 5.82 Å². The Morgan fingerprint density at radius 2 is 1.81 bits per heavy atom. The van der Waals surface area contributed by atoms with E-state index in [2.05, 4.69) is 19.2 Å². The number of rotatable bonds is 8. The summed E-state index contributed by atoms with van der Waals surface area (Å²) < 4.78 is 18.7. The molecule has 26 heavy (non-hydrogen) atoms. The molecule has 5 heteroatoms. The van der Waals surface area contributed by atoms with Crippen molar-refractivity contribution in [1.82, 2.24) is 4.90 Å². The predicted octanol–water partition coefficient (Wildman–Crippen LogP) is 4.03. The lowest BCUT2D eigenvalue weighted by Crippen LogP contribution is -2.30. The third kappa shape index (κ3) is 5.05. The number of hydrogen-bond donors (Lipinski definition) is 1. The molecule has 4 nitrogen and oxygen atoms in total. The van der Waals surface area contributed by atoms with Gasteiger partial charge in [-0.15, -0.1) is 0 Å². The van der Waals surface area contributed by atoms with Crippen LogP contribution in [0.5, 0.6) is 5.75 Å². The van der Waals surface area contributed by atoms with Gasteiger partial charge in [-0.05, 0) is 48.7 Å². The van der Waals surface area contributed by atoms with Crippen LogP contribution in [0.4, 0.5) is 10.1 Å². The van der Waals surface area contributed by atoms with Crippen LogP contribution >= 0.6 is 0 Å². The second kappa shape index (κ2) is 9.34. The van der Waals surface area contributed by atoms with Crippen LogP contribution in [0.2, 0.25) is 0 Å². The highest BCUT2D eigenvalue weighted by Gasteiger charge is 2.13. The molecule has 0 saturated heterocycles. The Morgan fingerprint density at radius 3 is 2.35 bits per heavy atom. The predicted molar refractivity (Wildman–Crippen MR) is 103 cm³/mol. The van der Waals surface area contributed by atoms with Crippen LogP contribution in [0.1, 0.15) is 30.5 Å². The van der Waals surface area contributed by atoms with Gasteiger partial charge in [-0.3, -0.25) is 9.69 Å². The molecule has 140 valence electrons. The van der Waals surface area contributed by atoms with Crippen molar-refractivity contribution in [3.05, 3.63) is 58.9 Å². The highest BCUT2D eigenvalue weighted by Crippen LogP contribution is 2.23. The number of para-hydroxylation sites is 1. The number of anilines is 1. The second-order valence-corrected chi connectivity index (χ2v) is 6.35. The third-order valence-corrected chi connectivity index (χ3v) is 4.35. The first-order valence-corrected chi connectivity index (χ1v) is 8.90. The van der Waals surface area contributed by atoms with E-state index in [0.717, 1.165) is 35.2 Å². The molecule has 0 aliphatic carbocycles. The van der Waals surface area contributed by atoms with Crippen molar-refractivity contribution in [1.29, 1.82) is 0 Å². The molecule has 0 aromatic heterocycles. The summed E-state index contributed by atoms with van der Waals surface area (Å²) in [7, 11) is 3.28. The number of amides is 1. The summed E-state index contributed by atoms with van der Waals surface area (Å²) in [6, 6.07) is 10.9. The Bertz CT molecular complexity index is 739. The van der Waals surface area contributed by atoms with Crippen LogP contribution in [-0.4, -0.2) is 31.5 Å². The van der Waals surface area contributed by atoms with Gasteiger partial charge in [-0.25, -0.2) is 4.39 Å². The molecule has 2 rings (SSSR count). The topological polar surface area (TPSA) is 41.6 Å². The summed E-state index contributed by atoms with van der Waals surface area (Å²) in [6.45, 7) is 4.86. The fourth-order valence-corrected chi connectivity index (χ4v) is 3.00. The number of benzene rings is 2. The summed E-state index contributed by atoms with van der Waals surface area (Å²) in [6.07, 6.45) is 1.73. The van der Waals surface area contributed by atoms with E-state index in [4.69, 9.17) is 4.74 Å². The van der Waals surface area contributed by atoms with Crippen LogP contribution in [0.25, 0.3) is 0 Å². The van der Waals surface area contributed by atoms with Crippen molar-refractivity contribution in [3.8, 4) is 5.75 Å². The number of carbonyl (C=O) groups excluding carboxylic acids is 1. The normalized spacial score (nSPS) is 10.8. The Morgan fingerprint density at radius 1 is 1.15 bits per heavy atom. The van der Waals surface area contributed by atoms with Gasteiger partial charge in [0, 0.05) is 12.2 Å². The van der Waals surface area contributed by atoms with E-state index >= 15 is 0 Å². The van der Waals surface area contributed by atoms with Crippen molar-refractivity contribution in [2.75, 3.05) is 26.0 Å². The number of halogens is 1. The highest BCUT2D eigenvalue weighted by atomic mass is 19.1. The fraction of sp³-hybridized carbons (Fsp3) is 0.381.